The Hall–Kier alpha value is -3.13. The highest BCUT2D eigenvalue weighted by Gasteiger charge is 2.44. The second-order valence-corrected chi connectivity index (χ2v) is 12.6. The van der Waals surface area contributed by atoms with E-state index in [1.165, 1.54) is 12.1 Å². The lowest BCUT2D eigenvalue weighted by Crippen LogP contribution is -2.51. The Morgan fingerprint density at radius 2 is 1.72 bits per heavy atom. The molecule has 3 atom stereocenters. The van der Waals surface area contributed by atoms with E-state index in [1.807, 2.05) is 6.92 Å². The quantitative estimate of drug-likeness (QED) is 0.423. The zero-order valence-corrected chi connectivity index (χ0v) is 23.0. The van der Waals surface area contributed by atoms with Gasteiger partial charge in [-0.1, -0.05) is 29.8 Å². The largest absolute Gasteiger partial charge is 0.480 e. The number of aryl methyl sites for hydroxylation is 1. The maximum atomic E-state index is 13.2. The summed E-state index contributed by atoms with van der Waals surface area (Å²) in [7, 11) is -4.10. The number of carboxylic acids is 1. The molecule has 13 heteroatoms. The number of carboxylic acid groups (broad SMARTS) is 1. The summed E-state index contributed by atoms with van der Waals surface area (Å²) >= 11 is 1.77. The second kappa shape index (κ2) is 12.4. The molecule has 2 aromatic carbocycles. The number of amides is 2. The van der Waals surface area contributed by atoms with Crippen LogP contribution in [-0.2, 0) is 26.0 Å². The van der Waals surface area contributed by atoms with Crippen LogP contribution in [0.15, 0.2) is 53.4 Å². The van der Waals surface area contributed by atoms with Gasteiger partial charge in [0, 0.05) is 44.0 Å². The Morgan fingerprint density at radius 1 is 1.08 bits per heavy atom. The van der Waals surface area contributed by atoms with Gasteiger partial charge in [-0.2, -0.15) is 16.1 Å². The molecule has 3 N–H and O–H groups in total. The van der Waals surface area contributed by atoms with Gasteiger partial charge in [0.1, 0.15) is 17.8 Å². The minimum Gasteiger partial charge on any atom is -0.480 e. The van der Waals surface area contributed by atoms with E-state index < -0.39 is 46.2 Å². The van der Waals surface area contributed by atoms with E-state index >= 15 is 0 Å². The number of carbonyl (C=O) groups excluding carboxylic acids is 2. The first-order chi connectivity index (χ1) is 18.5. The molecule has 0 spiro atoms. The summed E-state index contributed by atoms with van der Waals surface area (Å²) in [6.45, 7) is 2.77. The van der Waals surface area contributed by atoms with Gasteiger partial charge in [-0.15, -0.1) is 0 Å². The average molecular weight is 578 g/mol. The van der Waals surface area contributed by atoms with Crippen molar-refractivity contribution in [1.29, 1.82) is 0 Å². The fourth-order valence-electron chi connectivity index (χ4n) is 4.44. The molecule has 2 aliphatic heterocycles. The van der Waals surface area contributed by atoms with Crippen LogP contribution in [0.2, 0.25) is 0 Å². The number of ether oxygens (including phenoxy) is 1. The third kappa shape index (κ3) is 7.10. The second-order valence-electron chi connectivity index (χ2n) is 9.51. The molecule has 2 amide bonds. The summed E-state index contributed by atoms with van der Waals surface area (Å²) in [6.07, 6.45) is -1.75. The van der Waals surface area contributed by atoms with Gasteiger partial charge in [-0.3, -0.25) is 4.79 Å². The fourth-order valence-corrected chi connectivity index (χ4v) is 6.98. The Labute approximate surface area is 231 Å². The highest BCUT2D eigenvalue weighted by molar-refractivity contribution is 7.99. The Balaban J connectivity index is 1.41. The molecule has 2 fully saturated rings. The SMILES string of the molecule is Cc1ccc(S(=O)(=O)N2CC(O)C[C@H]2C(=O)N[C@@H](Cc2ccc(OC(=O)N3CCSCC3)cc2)C(=O)O)cc1. The average Bonchev–Trinajstić information content (AvgIpc) is 3.32. The molecule has 2 saturated heterocycles. The molecule has 1 unspecified atom stereocenters. The number of benzene rings is 2. The maximum absolute atomic E-state index is 13.2. The molecule has 2 heterocycles. The van der Waals surface area contributed by atoms with E-state index in [9.17, 15) is 33.0 Å². The van der Waals surface area contributed by atoms with Gasteiger partial charge in [0.15, 0.2) is 0 Å². The van der Waals surface area contributed by atoms with Crippen molar-refractivity contribution >= 4 is 39.8 Å². The summed E-state index contributed by atoms with van der Waals surface area (Å²) < 4.78 is 32.7. The number of thioether (sulfide) groups is 1. The van der Waals surface area contributed by atoms with E-state index in [0.717, 1.165) is 21.4 Å². The summed E-state index contributed by atoms with van der Waals surface area (Å²) in [5.41, 5.74) is 1.42. The van der Waals surface area contributed by atoms with Crippen molar-refractivity contribution in [3.05, 3.63) is 59.7 Å². The Bertz CT molecular complexity index is 1300. The van der Waals surface area contributed by atoms with Crippen molar-refractivity contribution in [2.45, 2.75) is 42.8 Å². The molecule has 0 aliphatic carbocycles. The number of hydrogen-bond donors (Lipinski definition) is 3. The number of aliphatic hydroxyl groups is 1. The predicted molar refractivity (Wildman–Crippen MR) is 144 cm³/mol. The monoisotopic (exact) mass is 577 g/mol. The number of β-amino-alcohol motifs (C(OH)–C–C–N with tert-alkyl or cyclic N) is 1. The summed E-state index contributed by atoms with van der Waals surface area (Å²) in [5.74, 6) is -0.0830. The summed E-state index contributed by atoms with van der Waals surface area (Å²) in [5, 5.41) is 22.4. The molecule has 0 aromatic heterocycles. The van der Waals surface area contributed by atoms with Gasteiger partial charge < -0.3 is 25.2 Å². The summed E-state index contributed by atoms with van der Waals surface area (Å²) in [4.78, 5) is 39.0. The highest BCUT2D eigenvalue weighted by atomic mass is 32.2. The van der Waals surface area contributed by atoms with Crippen LogP contribution in [-0.4, -0.2) is 95.1 Å². The predicted octanol–water partition coefficient (Wildman–Crippen LogP) is 1.48. The maximum Gasteiger partial charge on any atom is 0.415 e. The first-order valence-corrected chi connectivity index (χ1v) is 15.1. The van der Waals surface area contributed by atoms with Crippen LogP contribution in [0.3, 0.4) is 0 Å². The van der Waals surface area contributed by atoms with Crippen LogP contribution in [0.1, 0.15) is 17.5 Å². The van der Waals surface area contributed by atoms with Gasteiger partial charge in [-0.25, -0.2) is 18.0 Å². The number of hydrogen-bond acceptors (Lipinski definition) is 8. The van der Waals surface area contributed by atoms with Crippen LogP contribution in [0, 0.1) is 6.92 Å². The molecule has 0 radical (unpaired) electrons. The molecule has 2 aliphatic rings. The van der Waals surface area contributed by atoms with Crippen molar-refractivity contribution in [2.24, 2.45) is 0 Å². The Morgan fingerprint density at radius 3 is 2.33 bits per heavy atom. The standard InChI is InChI=1S/C26H31N3O8S2/c1-17-2-8-21(9-3-17)39(35,36)29-16-19(30)15-23(29)24(31)27-22(25(32)33)14-18-4-6-20(7-5-18)37-26(34)28-10-12-38-13-11-28/h2-9,19,22-23,30H,10-16H2,1H3,(H,27,31)(H,32,33)/t19?,22-,23-/m0/s1. The third-order valence-corrected chi connectivity index (χ3v) is 9.45. The number of aliphatic hydroxyl groups excluding tert-OH is 1. The zero-order valence-electron chi connectivity index (χ0n) is 21.4. The van der Waals surface area contributed by atoms with Gasteiger partial charge in [0.25, 0.3) is 0 Å². The fraction of sp³-hybridized carbons (Fsp3) is 0.423. The van der Waals surface area contributed by atoms with Crippen LogP contribution in [0.4, 0.5) is 4.79 Å². The van der Waals surface area contributed by atoms with Gasteiger partial charge in [0.2, 0.25) is 15.9 Å². The van der Waals surface area contributed by atoms with Crippen molar-refractivity contribution < 1.29 is 37.8 Å². The molecular weight excluding hydrogens is 546 g/mol. The topological polar surface area (TPSA) is 154 Å². The third-order valence-electron chi connectivity index (χ3n) is 6.62. The molecule has 39 heavy (non-hydrogen) atoms. The number of sulfonamides is 1. The van der Waals surface area contributed by atoms with E-state index in [0.29, 0.717) is 24.4 Å². The molecule has 2 aromatic rings. The van der Waals surface area contributed by atoms with Crippen molar-refractivity contribution in [3.63, 3.8) is 0 Å². The molecule has 0 saturated carbocycles. The van der Waals surface area contributed by atoms with E-state index in [4.69, 9.17) is 4.74 Å². The van der Waals surface area contributed by atoms with Gasteiger partial charge >= 0.3 is 12.1 Å². The molecule has 11 nitrogen and oxygen atoms in total. The van der Waals surface area contributed by atoms with Crippen molar-refractivity contribution in [3.8, 4) is 5.75 Å². The smallest absolute Gasteiger partial charge is 0.415 e. The van der Waals surface area contributed by atoms with Crippen LogP contribution in [0.25, 0.3) is 0 Å². The van der Waals surface area contributed by atoms with E-state index in [1.54, 1.807) is 53.1 Å². The lowest BCUT2D eigenvalue weighted by molar-refractivity contribution is -0.142. The number of nitrogens with one attached hydrogen (secondary N) is 1. The summed E-state index contributed by atoms with van der Waals surface area (Å²) in [6, 6.07) is 9.82. The lowest BCUT2D eigenvalue weighted by Gasteiger charge is -2.25. The zero-order chi connectivity index (χ0) is 28.2. The van der Waals surface area contributed by atoms with E-state index in [-0.39, 0.29) is 24.3 Å². The minimum absolute atomic E-state index is 0.0187. The van der Waals surface area contributed by atoms with E-state index in [2.05, 4.69) is 5.32 Å². The number of rotatable bonds is 8. The van der Waals surface area contributed by atoms with Crippen LogP contribution < -0.4 is 10.1 Å². The van der Waals surface area contributed by atoms with Crippen LogP contribution >= 0.6 is 11.8 Å². The number of carbonyl (C=O) groups is 3. The Kier molecular flexibility index (Phi) is 9.15. The van der Waals surface area contributed by atoms with Gasteiger partial charge in [0.05, 0.1) is 11.0 Å². The first kappa shape index (κ1) is 28.9. The van der Waals surface area contributed by atoms with Crippen molar-refractivity contribution in [1.82, 2.24) is 14.5 Å². The normalized spacial score (nSPS) is 20.8. The molecule has 210 valence electrons. The van der Waals surface area contributed by atoms with Crippen LogP contribution in [0.5, 0.6) is 5.75 Å². The number of nitrogens with zero attached hydrogens (tertiary/aromatic N) is 2. The minimum atomic E-state index is -4.10. The van der Waals surface area contributed by atoms with Crippen molar-refractivity contribution in [2.75, 3.05) is 31.1 Å². The molecule has 0 bridgehead atoms. The van der Waals surface area contributed by atoms with Gasteiger partial charge in [-0.05, 0) is 36.8 Å². The lowest BCUT2D eigenvalue weighted by atomic mass is 10.0. The molecular formula is C26H31N3O8S2. The first-order valence-electron chi connectivity index (χ1n) is 12.5. The highest BCUT2D eigenvalue weighted by Crippen LogP contribution is 2.27. The molecule has 4 rings (SSSR count). The number of aliphatic carboxylic acids is 1.